The summed E-state index contributed by atoms with van der Waals surface area (Å²) in [5.74, 6) is -1.72. The molecule has 0 saturated carbocycles. The molecule has 1 amide bonds. The van der Waals surface area contributed by atoms with Gasteiger partial charge in [-0.1, -0.05) is 6.07 Å². The molecule has 7 heteroatoms. The van der Waals surface area contributed by atoms with Crippen molar-refractivity contribution < 1.29 is 23.0 Å². The Morgan fingerprint density at radius 2 is 2.07 bits per heavy atom. The second-order valence-corrected chi connectivity index (χ2v) is 7.09. The molecule has 0 N–H and O–H groups in total. The lowest BCUT2D eigenvalue weighted by atomic mass is 9.81. The van der Waals surface area contributed by atoms with E-state index in [-0.39, 0.29) is 17.4 Å². The average molecular weight is 374 g/mol. The highest BCUT2D eigenvalue weighted by Crippen LogP contribution is 2.40. The van der Waals surface area contributed by atoms with E-state index in [1.165, 1.54) is 0 Å². The third kappa shape index (κ3) is 3.70. The number of likely N-dealkylation sites (tertiary alicyclic amines) is 1. The van der Waals surface area contributed by atoms with Gasteiger partial charge in [0.2, 0.25) is 0 Å². The lowest BCUT2D eigenvalue weighted by Gasteiger charge is -2.50. The number of benzene rings is 1. The van der Waals surface area contributed by atoms with Crippen LogP contribution in [0.1, 0.15) is 22.3 Å². The van der Waals surface area contributed by atoms with Gasteiger partial charge in [-0.25, -0.2) is 8.78 Å². The number of carbonyl (C=O) groups is 1. The zero-order valence-corrected chi connectivity index (χ0v) is 14.7. The lowest BCUT2D eigenvalue weighted by molar-refractivity contribution is -0.129. The molecule has 2 fully saturated rings. The molecule has 27 heavy (non-hydrogen) atoms. The smallest absolute Gasteiger partial charge is 0.254 e. The van der Waals surface area contributed by atoms with Gasteiger partial charge in [0.05, 0.1) is 26.3 Å². The molecule has 1 aromatic carbocycles. The minimum Gasteiger partial charge on any atom is -0.376 e. The number of halogens is 2. The van der Waals surface area contributed by atoms with E-state index < -0.39 is 17.2 Å². The summed E-state index contributed by atoms with van der Waals surface area (Å²) in [5.41, 5.74) is 0.602. The molecule has 0 bridgehead atoms. The number of nitrogens with zero attached hydrogens (tertiary/aromatic N) is 2. The van der Waals surface area contributed by atoms with E-state index >= 15 is 0 Å². The first kappa shape index (κ1) is 18.0. The summed E-state index contributed by atoms with van der Waals surface area (Å²) in [6, 6.07) is 6.68. The molecular formula is C20H20F2N2O3. The van der Waals surface area contributed by atoms with Crippen LogP contribution in [0.5, 0.6) is 0 Å². The molecule has 2 aliphatic heterocycles. The Morgan fingerprint density at radius 3 is 2.78 bits per heavy atom. The summed E-state index contributed by atoms with van der Waals surface area (Å²) in [5, 5.41) is 0. The molecule has 1 atom stereocenters. The largest absolute Gasteiger partial charge is 0.376 e. The van der Waals surface area contributed by atoms with Crippen molar-refractivity contribution in [3.63, 3.8) is 0 Å². The number of hydrogen-bond donors (Lipinski definition) is 0. The molecule has 0 aliphatic carbocycles. The number of amides is 1. The summed E-state index contributed by atoms with van der Waals surface area (Å²) >= 11 is 0. The van der Waals surface area contributed by atoms with Crippen molar-refractivity contribution in [1.29, 1.82) is 0 Å². The highest BCUT2D eigenvalue weighted by Gasteiger charge is 2.54. The van der Waals surface area contributed by atoms with Gasteiger partial charge in [-0.3, -0.25) is 9.78 Å². The number of hydrogen-bond acceptors (Lipinski definition) is 4. The van der Waals surface area contributed by atoms with Crippen LogP contribution in [0.15, 0.2) is 42.7 Å². The van der Waals surface area contributed by atoms with E-state index in [4.69, 9.17) is 9.47 Å². The van der Waals surface area contributed by atoms with Crippen LogP contribution >= 0.6 is 0 Å². The second kappa shape index (κ2) is 7.32. The first-order valence-corrected chi connectivity index (χ1v) is 8.92. The normalized spacial score (nSPS) is 20.7. The minimum absolute atomic E-state index is 0.0183. The summed E-state index contributed by atoms with van der Waals surface area (Å²) < 4.78 is 38.5. The van der Waals surface area contributed by atoms with Crippen LogP contribution in [-0.2, 0) is 16.1 Å². The number of rotatable bonds is 5. The van der Waals surface area contributed by atoms with Gasteiger partial charge in [-0.05, 0) is 30.2 Å². The zero-order valence-electron chi connectivity index (χ0n) is 14.7. The Labute approximate surface area is 155 Å². The van der Waals surface area contributed by atoms with E-state index in [9.17, 15) is 13.6 Å². The van der Waals surface area contributed by atoms with Crippen molar-refractivity contribution in [2.75, 3.05) is 26.3 Å². The number of ether oxygens (including phenoxy) is 2. The Hall–Kier alpha value is -2.38. The van der Waals surface area contributed by atoms with Crippen molar-refractivity contribution in [1.82, 2.24) is 9.88 Å². The monoisotopic (exact) mass is 374 g/mol. The molecule has 2 saturated heterocycles. The lowest BCUT2D eigenvalue weighted by Crippen LogP contribution is -2.66. The summed E-state index contributed by atoms with van der Waals surface area (Å²) in [6.45, 7) is 2.45. The molecule has 5 nitrogen and oxygen atoms in total. The number of pyridine rings is 1. The van der Waals surface area contributed by atoms with E-state index in [1.54, 1.807) is 17.3 Å². The van der Waals surface area contributed by atoms with Crippen molar-refractivity contribution in [2.45, 2.75) is 18.6 Å². The Kier molecular flexibility index (Phi) is 4.88. The fourth-order valence-electron chi connectivity index (χ4n) is 3.78. The molecule has 1 aromatic heterocycles. The van der Waals surface area contributed by atoms with Crippen LogP contribution < -0.4 is 0 Å². The Morgan fingerprint density at radius 1 is 1.30 bits per heavy atom. The van der Waals surface area contributed by atoms with Crippen LogP contribution in [0.3, 0.4) is 0 Å². The topological polar surface area (TPSA) is 51.7 Å². The average Bonchev–Trinajstić information content (AvgIpc) is 3.04. The maximum Gasteiger partial charge on any atom is 0.254 e. The third-order valence-electron chi connectivity index (χ3n) is 5.22. The van der Waals surface area contributed by atoms with Gasteiger partial charge in [-0.2, -0.15) is 0 Å². The van der Waals surface area contributed by atoms with Crippen LogP contribution in [0.4, 0.5) is 8.78 Å². The Bertz CT molecular complexity index is 805. The molecular weight excluding hydrogens is 354 g/mol. The minimum atomic E-state index is -0.757. The van der Waals surface area contributed by atoms with Gasteiger partial charge < -0.3 is 14.4 Å². The van der Waals surface area contributed by atoms with Gasteiger partial charge in [0.1, 0.15) is 17.2 Å². The number of carbonyl (C=O) groups excluding carboxylic acids is 1. The molecule has 1 spiro atoms. The van der Waals surface area contributed by atoms with Crippen molar-refractivity contribution in [2.24, 2.45) is 5.92 Å². The van der Waals surface area contributed by atoms with Gasteiger partial charge in [0.25, 0.3) is 5.91 Å². The standard InChI is InChI=1S/C20H20F2N2O3/c21-17-6-15(7-18(22)8-17)19(25)24-12-20(13-24)16(3-5-27-20)11-26-10-14-2-1-4-23-9-14/h1-2,4,6-9,16H,3,5,10-13H2. The predicted octanol–water partition coefficient (Wildman–Crippen LogP) is 2.81. The van der Waals surface area contributed by atoms with E-state index in [2.05, 4.69) is 4.98 Å². The first-order valence-electron chi connectivity index (χ1n) is 8.92. The summed E-state index contributed by atoms with van der Waals surface area (Å²) in [7, 11) is 0. The van der Waals surface area contributed by atoms with E-state index in [0.29, 0.717) is 32.9 Å². The van der Waals surface area contributed by atoms with Gasteiger partial charge >= 0.3 is 0 Å². The van der Waals surface area contributed by atoms with Crippen molar-refractivity contribution in [3.8, 4) is 0 Å². The van der Waals surface area contributed by atoms with Gasteiger partial charge in [0.15, 0.2) is 0 Å². The molecule has 142 valence electrons. The molecule has 3 heterocycles. The molecule has 4 rings (SSSR count). The molecule has 1 unspecified atom stereocenters. The second-order valence-electron chi connectivity index (χ2n) is 7.09. The quantitative estimate of drug-likeness (QED) is 0.808. The van der Waals surface area contributed by atoms with Gasteiger partial charge in [-0.15, -0.1) is 0 Å². The third-order valence-corrected chi connectivity index (χ3v) is 5.22. The fraction of sp³-hybridized carbons (Fsp3) is 0.400. The highest BCUT2D eigenvalue weighted by molar-refractivity contribution is 5.95. The molecule has 0 radical (unpaired) electrons. The van der Waals surface area contributed by atoms with Gasteiger partial charge in [0, 0.05) is 36.5 Å². The first-order chi connectivity index (χ1) is 13.1. The van der Waals surface area contributed by atoms with Crippen LogP contribution in [0.2, 0.25) is 0 Å². The van der Waals surface area contributed by atoms with E-state index in [0.717, 1.165) is 30.2 Å². The maximum absolute atomic E-state index is 13.4. The fourth-order valence-corrected chi connectivity index (χ4v) is 3.78. The SMILES string of the molecule is O=C(c1cc(F)cc(F)c1)N1CC2(C1)OCCC2COCc1cccnc1. The van der Waals surface area contributed by atoms with Crippen molar-refractivity contribution >= 4 is 5.91 Å². The number of aromatic nitrogens is 1. The Balaban J connectivity index is 1.34. The zero-order chi connectivity index (χ0) is 18.9. The maximum atomic E-state index is 13.4. The van der Waals surface area contributed by atoms with Crippen molar-refractivity contribution in [3.05, 3.63) is 65.5 Å². The summed E-state index contributed by atoms with van der Waals surface area (Å²) in [4.78, 5) is 18.1. The molecule has 2 aliphatic rings. The summed E-state index contributed by atoms with van der Waals surface area (Å²) in [6.07, 6.45) is 4.35. The highest BCUT2D eigenvalue weighted by atomic mass is 19.1. The van der Waals surface area contributed by atoms with Crippen LogP contribution in [-0.4, -0.2) is 47.7 Å². The van der Waals surface area contributed by atoms with E-state index in [1.807, 2.05) is 12.1 Å². The van der Waals surface area contributed by atoms with Crippen LogP contribution in [0.25, 0.3) is 0 Å². The molecule has 2 aromatic rings. The van der Waals surface area contributed by atoms with Crippen LogP contribution in [0, 0.1) is 17.6 Å². The predicted molar refractivity (Wildman–Crippen MR) is 92.9 cm³/mol.